The molecule has 112 valence electrons. The Balaban J connectivity index is 2.20. The number of amides is 3. The molecule has 21 heavy (non-hydrogen) atoms. The van der Waals surface area contributed by atoms with Crippen molar-refractivity contribution in [3.63, 3.8) is 0 Å². The molecule has 1 atom stereocenters. The fraction of sp³-hybridized carbons (Fsp3) is 0.308. The monoisotopic (exact) mass is 311 g/mol. The smallest absolute Gasteiger partial charge is 0.337 e. The maximum absolute atomic E-state index is 12.2. The maximum atomic E-state index is 12.2. The summed E-state index contributed by atoms with van der Waals surface area (Å²) >= 11 is 5.75. The van der Waals surface area contributed by atoms with Crippen molar-refractivity contribution >= 4 is 35.2 Å². The first-order valence-corrected chi connectivity index (χ1v) is 6.66. The van der Waals surface area contributed by atoms with Crippen molar-refractivity contribution in [3.8, 4) is 0 Å². The van der Waals surface area contributed by atoms with E-state index < -0.39 is 18.0 Å². The molecule has 8 heteroatoms. The van der Waals surface area contributed by atoms with Gasteiger partial charge in [-0.2, -0.15) is 0 Å². The summed E-state index contributed by atoms with van der Waals surface area (Å²) in [5.41, 5.74) is 0.0278. The first kappa shape index (κ1) is 15.1. The first-order valence-electron chi connectivity index (χ1n) is 6.28. The van der Waals surface area contributed by atoms with Gasteiger partial charge in [-0.25, -0.2) is 9.59 Å². The summed E-state index contributed by atoms with van der Waals surface area (Å²) in [5, 5.41) is 14.5. The van der Waals surface area contributed by atoms with Crippen molar-refractivity contribution in [2.75, 3.05) is 18.4 Å². The molecule has 3 N–H and O–H groups in total. The van der Waals surface area contributed by atoms with Crippen molar-refractivity contribution in [3.05, 3.63) is 28.8 Å². The molecule has 1 heterocycles. The van der Waals surface area contributed by atoms with E-state index in [4.69, 9.17) is 16.7 Å². The molecule has 1 fully saturated rings. The van der Waals surface area contributed by atoms with Gasteiger partial charge in [0.1, 0.15) is 6.04 Å². The summed E-state index contributed by atoms with van der Waals surface area (Å²) in [6, 6.07) is 3.02. The lowest BCUT2D eigenvalue weighted by Gasteiger charge is -2.32. The molecular weight excluding hydrogens is 298 g/mol. The number of nitrogens with one attached hydrogen (secondary N) is 2. The molecule has 0 aliphatic carbocycles. The third-order valence-electron chi connectivity index (χ3n) is 3.21. The van der Waals surface area contributed by atoms with Gasteiger partial charge >= 0.3 is 12.0 Å². The van der Waals surface area contributed by atoms with E-state index in [0.717, 1.165) is 0 Å². The molecule has 0 radical (unpaired) electrons. The minimum Gasteiger partial charge on any atom is -0.478 e. The number of rotatable bonds is 2. The molecule has 0 aromatic heterocycles. The highest BCUT2D eigenvalue weighted by atomic mass is 35.5. The van der Waals surface area contributed by atoms with Crippen LogP contribution in [0.1, 0.15) is 17.3 Å². The molecule has 1 aliphatic rings. The van der Waals surface area contributed by atoms with Gasteiger partial charge in [0.15, 0.2) is 0 Å². The van der Waals surface area contributed by atoms with Crippen LogP contribution in [0.25, 0.3) is 0 Å². The van der Waals surface area contributed by atoms with Gasteiger partial charge in [-0.05, 0) is 25.1 Å². The zero-order chi connectivity index (χ0) is 15.6. The van der Waals surface area contributed by atoms with Gasteiger partial charge in [-0.15, -0.1) is 0 Å². The lowest BCUT2D eigenvalue weighted by molar-refractivity contribution is -0.126. The van der Waals surface area contributed by atoms with E-state index in [0.29, 0.717) is 13.1 Å². The highest BCUT2D eigenvalue weighted by molar-refractivity contribution is 6.31. The zero-order valence-corrected chi connectivity index (χ0v) is 12.0. The predicted octanol–water partition coefficient (Wildman–Crippen LogP) is 1.39. The predicted molar refractivity (Wildman–Crippen MR) is 76.6 cm³/mol. The number of carbonyl (C=O) groups excluding carboxylic acids is 2. The van der Waals surface area contributed by atoms with Crippen LogP contribution in [0.5, 0.6) is 0 Å². The van der Waals surface area contributed by atoms with E-state index in [1.807, 2.05) is 0 Å². The number of anilines is 1. The number of benzene rings is 1. The van der Waals surface area contributed by atoms with E-state index in [1.54, 1.807) is 6.92 Å². The van der Waals surface area contributed by atoms with Gasteiger partial charge in [0, 0.05) is 18.1 Å². The average Bonchev–Trinajstić information content (AvgIpc) is 2.43. The Morgan fingerprint density at radius 3 is 2.86 bits per heavy atom. The largest absolute Gasteiger partial charge is 0.478 e. The van der Waals surface area contributed by atoms with Crippen LogP contribution in [-0.4, -0.2) is 47.0 Å². The lowest BCUT2D eigenvalue weighted by Crippen LogP contribution is -2.56. The van der Waals surface area contributed by atoms with Crippen LogP contribution in [-0.2, 0) is 4.79 Å². The summed E-state index contributed by atoms with van der Waals surface area (Å²) in [6.07, 6.45) is 0. The van der Waals surface area contributed by atoms with Crippen LogP contribution >= 0.6 is 11.6 Å². The molecule has 1 unspecified atom stereocenters. The Morgan fingerprint density at radius 1 is 1.48 bits per heavy atom. The number of nitrogens with zero attached hydrogens (tertiary/aromatic N) is 1. The quantitative estimate of drug-likeness (QED) is 0.768. The first-order chi connectivity index (χ1) is 9.90. The standard InChI is InChI=1S/C13H14ClN3O4/c1-7-11(18)15-4-5-17(7)13(21)16-10-3-2-8(14)6-9(10)12(19)20/h2-3,6-7H,4-5H2,1H3,(H,15,18)(H,16,21)(H,19,20). The maximum Gasteiger partial charge on any atom is 0.337 e. The molecule has 0 bridgehead atoms. The Kier molecular flexibility index (Phi) is 4.32. The zero-order valence-electron chi connectivity index (χ0n) is 11.2. The van der Waals surface area contributed by atoms with Crippen LogP contribution in [0, 0.1) is 0 Å². The number of carboxylic acids is 1. The number of hydrogen-bond donors (Lipinski definition) is 3. The number of aromatic carboxylic acids is 1. The Labute approximate surface area is 125 Å². The summed E-state index contributed by atoms with van der Waals surface area (Å²) in [7, 11) is 0. The minimum atomic E-state index is -1.20. The fourth-order valence-corrected chi connectivity index (χ4v) is 2.22. The molecule has 3 amide bonds. The molecule has 1 aromatic carbocycles. The molecule has 0 saturated carbocycles. The Morgan fingerprint density at radius 2 is 2.19 bits per heavy atom. The molecule has 1 aromatic rings. The van der Waals surface area contributed by atoms with Crippen LogP contribution in [0.3, 0.4) is 0 Å². The van der Waals surface area contributed by atoms with Crippen LogP contribution < -0.4 is 10.6 Å². The Bertz CT molecular complexity index is 605. The van der Waals surface area contributed by atoms with E-state index in [1.165, 1.54) is 23.1 Å². The van der Waals surface area contributed by atoms with E-state index >= 15 is 0 Å². The van der Waals surface area contributed by atoms with Crippen LogP contribution in [0.2, 0.25) is 5.02 Å². The number of urea groups is 1. The topological polar surface area (TPSA) is 98.7 Å². The fourth-order valence-electron chi connectivity index (χ4n) is 2.05. The van der Waals surface area contributed by atoms with Crippen LogP contribution in [0.4, 0.5) is 10.5 Å². The number of hydrogen-bond acceptors (Lipinski definition) is 3. The van der Waals surface area contributed by atoms with Gasteiger partial charge in [-0.1, -0.05) is 11.6 Å². The average molecular weight is 312 g/mol. The van der Waals surface area contributed by atoms with Crippen molar-refractivity contribution in [2.45, 2.75) is 13.0 Å². The van der Waals surface area contributed by atoms with Gasteiger partial charge in [0.2, 0.25) is 5.91 Å². The number of carboxylic acid groups (broad SMARTS) is 1. The summed E-state index contributed by atoms with van der Waals surface area (Å²) in [5.74, 6) is -1.44. The second kappa shape index (κ2) is 6.01. The second-order valence-electron chi connectivity index (χ2n) is 4.59. The third-order valence-corrected chi connectivity index (χ3v) is 3.45. The van der Waals surface area contributed by atoms with E-state index in [9.17, 15) is 14.4 Å². The van der Waals surface area contributed by atoms with Gasteiger partial charge in [0.05, 0.1) is 11.3 Å². The van der Waals surface area contributed by atoms with E-state index in [2.05, 4.69) is 10.6 Å². The number of piperazine rings is 1. The lowest BCUT2D eigenvalue weighted by atomic mass is 10.1. The summed E-state index contributed by atoms with van der Waals surface area (Å²) in [6.45, 7) is 2.33. The summed E-state index contributed by atoms with van der Waals surface area (Å²) < 4.78 is 0. The molecular formula is C13H14ClN3O4. The highest BCUT2D eigenvalue weighted by Crippen LogP contribution is 2.21. The normalized spacial score (nSPS) is 18.1. The van der Waals surface area contributed by atoms with E-state index in [-0.39, 0.29) is 22.2 Å². The Hall–Kier alpha value is -2.28. The molecule has 1 aliphatic heterocycles. The molecule has 7 nitrogen and oxygen atoms in total. The number of carbonyl (C=O) groups is 3. The molecule has 1 saturated heterocycles. The number of halogens is 1. The highest BCUT2D eigenvalue weighted by Gasteiger charge is 2.29. The van der Waals surface area contributed by atoms with Crippen molar-refractivity contribution in [2.24, 2.45) is 0 Å². The van der Waals surface area contributed by atoms with Crippen molar-refractivity contribution < 1.29 is 19.5 Å². The van der Waals surface area contributed by atoms with Crippen LogP contribution in [0.15, 0.2) is 18.2 Å². The third kappa shape index (κ3) is 3.25. The minimum absolute atomic E-state index is 0.107. The van der Waals surface area contributed by atoms with Crippen molar-refractivity contribution in [1.82, 2.24) is 10.2 Å². The van der Waals surface area contributed by atoms with Crippen molar-refractivity contribution in [1.29, 1.82) is 0 Å². The molecule has 0 spiro atoms. The molecule has 2 rings (SSSR count). The van der Waals surface area contributed by atoms with Gasteiger partial charge < -0.3 is 20.6 Å². The van der Waals surface area contributed by atoms with Gasteiger partial charge in [-0.3, -0.25) is 4.79 Å². The second-order valence-corrected chi connectivity index (χ2v) is 5.02. The summed E-state index contributed by atoms with van der Waals surface area (Å²) in [4.78, 5) is 36.2. The SMILES string of the molecule is CC1C(=O)NCCN1C(=O)Nc1ccc(Cl)cc1C(=O)O. The van der Waals surface area contributed by atoms with Gasteiger partial charge in [0.25, 0.3) is 0 Å².